The van der Waals surface area contributed by atoms with Crippen LogP contribution in [0.3, 0.4) is 0 Å². The van der Waals surface area contributed by atoms with Crippen molar-refractivity contribution in [3.63, 3.8) is 0 Å². The minimum Gasteiger partial charge on any atom is -0.415 e. The lowest BCUT2D eigenvalue weighted by molar-refractivity contribution is -0.119. The maximum atomic E-state index is 12.4. The van der Waals surface area contributed by atoms with E-state index in [-0.39, 0.29) is 17.7 Å². The minimum atomic E-state index is -0.0359. The van der Waals surface area contributed by atoms with Crippen LogP contribution in [0.25, 0.3) is 0 Å². The number of thioether (sulfide) groups is 2. The molecule has 1 N–H and O–H groups in total. The lowest BCUT2D eigenvalue weighted by atomic mass is 9.93. The quantitative estimate of drug-likeness (QED) is 0.625. The number of rotatable bonds is 9. The van der Waals surface area contributed by atoms with Gasteiger partial charge in [-0.15, -0.1) is 10.2 Å². The highest BCUT2D eigenvalue weighted by Gasteiger charge is 2.19. The Hall–Kier alpha value is -1.47. The third kappa shape index (κ3) is 6.06. The van der Waals surface area contributed by atoms with Gasteiger partial charge < -0.3 is 9.73 Å². The average molecular weight is 394 g/mol. The van der Waals surface area contributed by atoms with E-state index in [1.807, 2.05) is 6.26 Å². The zero-order valence-electron chi connectivity index (χ0n) is 16.0. The first-order chi connectivity index (χ1) is 12.4. The molecule has 0 unspecified atom stereocenters. The monoisotopic (exact) mass is 393 g/mol. The van der Waals surface area contributed by atoms with E-state index in [9.17, 15) is 4.79 Å². The van der Waals surface area contributed by atoms with Crippen molar-refractivity contribution in [3.8, 4) is 0 Å². The molecule has 0 aliphatic rings. The zero-order chi connectivity index (χ0) is 19.1. The molecule has 0 spiro atoms. The van der Waals surface area contributed by atoms with Crippen LogP contribution in [0.1, 0.15) is 56.7 Å². The summed E-state index contributed by atoms with van der Waals surface area (Å²) < 4.78 is 5.49. The molecule has 26 heavy (non-hydrogen) atoms. The third-order valence-electron chi connectivity index (χ3n) is 3.99. The van der Waals surface area contributed by atoms with Gasteiger partial charge in [0.05, 0.1) is 17.5 Å². The van der Waals surface area contributed by atoms with E-state index in [0.717, 1.165) is 5.56 Å². The molecule has 0 saturated carbocycles. The van der Waals surface area contributed by atoms with E-state index >= 15 is 0 Å². The lowest BCUT2D eigenvalue weighted by Crippen LogP contribution is -2.33. The van der Waals surface area contributed by atoms with Crippen molar-refractivity contribution in [2.24, 2.45) is 5.92 Å². The molecule has 0 aliphatic heterocycles. The first kappa shape index (κ1) is 20.8. The number of carbonyl (C=O) groups excluding carboxylic acids is 1. The van der Waals surface area contributed by atoms with Gasteiger partial charge in [0.2, 0.25) is 11.8 Å². The Bertz CT molecular complexity index is 699. The van der Waals surface area contributed by atoms with Crippen molar-refractivity contribution >= 4 is 29.4 Å². The Morgan fingerprint density at radius 2 is 1.77 bits per heavy atom. The predicted molar refractivity (Wildman–Crippen MR) is 108 cm³/mol. The summed E-state index contributed by atoms with van der Waals surface area (Å²) in [6.07, 6.45) is 1.98. The molecule has 0 fully saturated rings. The molecular weight excluding hydrogens is 366 g/mol. The molecule has 2 aromatic rings. The first-order valence-electron chi connectivity index (χ1n) is 8.74. The number of nitrogens with one attached hydrogen (secondary N) is 1. The van der Waals surface area contributed by atoms with Crippen molar-refractivity contribution in [1.82, 2.24) is 15.5 Å². The fourth-order valence-corrected chi connectivity index (χ4v) is 3.50. The van der Waals surface area contributed by atoms with E-state index in [0.29, 0.717) is 28.7 Å². The molecule has 2 rings (SSSR count). The number of benzene rings is 1. The van der Waals surface area contributed by atoms with Crippen LogP contribution in [0.2, 0.25) is 0 Å². The fourth-order valence-electron chi connectivity index (χ4n) is 2.54. The van der Waals surface area contributed by atoms with Crippen LogP contribution in [0.15, 0.2) is 33.9 Å². The minimum absolute atomic E-state index is 0.0148. The normalized spacial score (nSPS) is 12.6. The van der Waals surface area contributed by atoms with E-state index in [1.54, 1.807) is 11.8 Å². The Morgan fingerprint density at radius 3 is 2.35 bits per heavy atom. The van der Waals surface area contributed by atoms with Crippen molar-refractivity contribution in [1.29, 1.82) is 0 Å². The van der Waals surface area contributed by atoms with E-state index in [4.69, 9.17) is 4.42 Å². The van der Waals surface area contributed by atoms with Gasteiger partial charge in [-0.3, -0.25) is 4.79 Å². The van der Waals surface area contributed by atoms with Gasteiger partial charge in [-0.1, -0.05) is 63.7 Å². The average Bonchev–Trinajstić information content (AvgIpc) is 3.05. The highest BCUT2D eigenvalue weighted by atomic mass is 32.2. The number of amides is 1. The Labute approximate surface area is 164 Å². The van der Waals surface area contributed by atoms with Crippen LogP contribution in [-0.4, -0.2) is 28.1 Å². The molecule has 1 aromatic carbocycles. The maximum absolute atomic E-state index is 12.4. The van der Waals surface area contributed by atoms with Crippen LogP contribution in [0, 0.1) is 5.92 Å². The van der Waals surface area contributed by atoms with Crippen molar-refractivity contribution in [3.05, 3.63) is 41.3 Å². The van der Waals surface area contributed by atoms with Gasteiger partial charge in [-0.25, -0.2) is 0 Å². The van der Waals surface area contributed by atoms with Gasteiger partial charge in [0, 0.05) is 0 Å². The molecule has 5 nitrogen and oxygen atoms in total. The molecule has 0 bridgehead atoms. The van der Waals surface area contributed by atoms with Crippen LogP contribution in [-0.2, 0) is 10.5 Å². The fraction of sp³-hybridized carbons (Fsp3) is 0.526. The topological polar surface area (TPSA) is 68.0 Å². The highest BCUT2D eigenvalue weighted by Crippen LogP contribution is 2.25. The third-order valence-corrected chi connectivity index (χ3v) is 5.34. The van der Waals surface area contributed by atoms with E-state index < -0.39 is 0 Å². The highest BCUT2D eigenvalue weighted by molar-refractivity contribution is 7.99. The summed E-state index contributed by atoms with van der Waals surface area (Å²) in [6, 6.07) is 8.49. The number of hydrogen-bond acceptors (Lipinski definition) is 6. The summed E-state index contributed by atoms with van der Waals surface area (Å²) in [5.41, 5.74) is 2.43. The summed E-state index contributed by atoms with van der Waals surface area (Å²) in [6.45, 7) is 8.58. The number of nitrogens with zero attached hydrogens (tertiary/aromatic N) is 2. The standard InChI is InChI=1S/C19H27N3O2S2/c1-12(2)14-6-8-15(9-7-14)18(13(3)4)20-16(23)10-26-19-22-21-17(24-19)11-25-5/h6-9,12-13,18H,10-11H2,1-5H3,(H,20,23)/t18-/m1/s1. The van der Waals surface area contributed by atoms with Crippen LogP contribution < -0.4 is 5.32 Å². The van der Waals surface area contributed by atoms with Crippen LogP contribution in [0.4, 0.5) is 0 Å². The van der Waals surface area contributed by atoms with E-state index in [1.165, 1.54) is 17.3 Å². The molecular formula is C19H27N3O2S2. The lowest BCUT2D eigenvalue weighted by Gasteiger charge is -2.23. The van der Waals surface area contributed by atoms with E-state index in [2.05, 4.69) is 67.5 Å². The number of carbonyl (C=O) groups is 1. The molecule has 142 valence electrons. The van der Waals surface area contributed by atoms with Gasteiger partial charge in [-0.2, -0.15) is 11.8 Å². The molecule has 1 heterocycles. The summed E-state index contributed by atoms with van der Waals surface area (Å²) in [5.74, 6) is 2.29. The summed E-state index contributed by atoms with van der Waals surface area (Å²) in [4.78, 5) is 12.4. The predicted octanol–water partition coefficient (Wildman–Crippen LogP) is 4.66. The second-order valence-corrected chi connectivity index (χ2v) is 8.59. The smallest absolute Gasteiger partial charge is 0.277 e. The van der Waals surface area contributed by atoms with Crippen molar-refractivity contribution in [2.75, 3.05) is 12.0 Å². The summed E-state index contributed by atoms with van der Waals surface area (Å²) >= 11 is 2.89. The Kier molecular flexibility index (Phi) is 8.03. The largest absolute Gasteiger partial charge is 0.415 e. The molecule has 0 radical (unpaired) electrons. The van der Waals surface area contributed by atoms with Gasteiger partial charge in [-0.05, 0) is 29.2 Å². The zero-order valence-corrected chi connectivity index (χ0v) is 17.6. The van der Waals surface area contributed by atoms with Crippen LogP contribution >= 0.6 is 23.5 Å². The molecule has 0 aliphatic carbocycles. The molecule has 1 amide bonds. The second-order valence-electron chi connectivity index (χ2n) is 6.79. The van der Waals surface area contributed by atoms with Gasteiger partial charge >= 0.3 is 0 Å². The Morgan fingerprint density at radius 1 is 1.12 bits per heavy atom. The van der Waals surface area contributed by atoms with Gasteiger partial charge in [0.15, 0.2) is 0 Å². The SMILES string of the molecule is CSCc1nnc(SCC(=O)N[C@@H](c2ccc(C(C)C)cc2)C(C)C)o1. The summed E-state index contributed by atoms with van der Waals surface area (Å²) in [7, 11) is 0. The molecule has 1 atom stereocenters. The summed E-state index contributed by atoms with van der Waals surface area (Å²) in [5, 5.41) is 11.5. The maximum Gasteiger partial charge on any atom is 0.277 e. The Balaban J connectivity index is 1.94. The van der Waals surface area contributed by atoms with Crippen molar-refractivity contribution < 1.29 is 9.21 Å². The van der Waals surface area contributed by atoms with Crippen molar-refractivity contribution in [2.45, 2.75) is 50.6 Å². The van der Waals surface area contributed by atoms with Gasteiger partial charge in [0.1, 0.15) is 0 Å². The number of hydrogen-bond donors (Lipinski definition) is 1. The first-order valence-corrected chi connectivity index (χ1v) is 11.1. The number of aromatic nitrogens is 2. The molecule has 7 heteroatoms. The molecule has 1 aromatic heterocycles. The van der Waals surface area contributed by atoms with Gasteiger partial charge in [0.25, 0.3) is 5.22 Å². The molecule has 0 saturated heterocycles. The van der Waals surface area contributed by atoms with Crippen LogP contribution in [0.5, 0.6) is 0 Å². The second kappa shape index (κ2) is 10.0.